The molecule has 260 valence electrons. The van der Waals surface area contributed by atoms with E-state index in [1.807, 2.05) is 97.1 Å². The van der Waals surface area contributed by atoms with Gasteiger partial charge >= 0.3 is 18.0 Å². The molecule has 5 aromatic carbocycles. The monoisotopic (exact) mass is 685 g/mol. The van der Waals surface area contributed by atoms with Gasteiger partial charge < -0.3 is 23.7 Å². The van der Waals surface area contributed by atoms with Crippen LogP contribution in [-0.2, 0) is 43.5 Å². The number of esters is 2. The Labute approximate surface area is 297 Å². The van der Waals surface area contributed by atoms with Crippen molar-refractivity contribution in [2.24, 2.45) is 0 Å². The molecule has 1 heterocycles. The molecule has 0 N–H and O–H groups in total. The number of carbonyl (C=O) groups is 3. The Morgan fingerprint density at radius 3 is 1.45 bits per heavy atom. The lowest BCUT2D eigenvalue weighted by atomic mass is 9.93. The third-order valence-electron chi connectivity index (χ3n) is 8.52. The minimum absolute atomic E-state index is 0.00460. The molecule has 1 aliphatic heterocycles. The van der Waals surface area contributed by atoms with Gasteiger partial charge in [0.2, 0.25) is 0 Å². The molecule has 0 unspecified atom stereocenters. The summed E-state index contributed by atoms with van der Waals surface area (Å²) in [5.41, 5.74) is 3.27. The van der Waals surface area contributed by atoms with Crippen LogP contribution in [0.2, 0.25) is 0 Å². The molecule has 5 aromatic rings. The first-order valence-corrected chi connectivity index (χ1v) is 16.8. The van der Waals surface area contributed by atoms with E-state index in [0.29, 0.717) is 11.1 Å². The van der Waals surface area contributed by atoms with Gasteiger partial charge in [0.15, 0.2) is 0 Å². The van der Waals surface area contributed by atoms with Gasteiger partial charge in [0.1, 0.15) is 31.5 Å². The number of likely N-dealkylation sites (tertiary alicyclic amines) is 1. The highest BCUT2D eigenvalue weighted by Gasteiger charge is 2.50. The smallest absolute Gasteiger partial charge is 0.410 e. The summed E-state index contributed by atoms with van der Waals surface area (Å²) in [5, 5.41) is 0. The first-order valence-electron chi connectivity index (χ1n) is 16.8. The van der Waals surface area contributed by atoms with E-state index in [4.69, 9.17) is 23.7 Å². The molecule has 1 amide bonds. The van der Waals surface area contributed by atoms with Crippen LogP contribution in [0.3, 0.4) is 0 Å². The molecule has 1 saturated heterocycles. The van der Waals surface area contributed by atoms with Crippen molar-refractivity contribution in [3.8, 4) is 0 Å². The van der Waals surface area contributed by atoms with Gasteiger partial charge in [0.05, 0.1) is 36.9 Å². The zero-order chi connectivity index (χ0) is 35.3. The van der Waals surface area contributed by atoms with E-state index in [1.54, 1.807) is 54.6 Å². The average molecular weight is 686 g/mol. The van der Waals surface area contributed by atoms with Crippen molar-refractivity contribution in [3.63, 3.8) is 0 Å². The number of rotatable bonds is 13. The molecule has 0 saturated carbocycles. The van der Waals surface area contributed by atoms with Crippen molar-refractivity contribution in [2.75, 3.05) is 13.2 Å². The van der Waals surface area contributed by atoms with E-state index in [1.165, 1.54) is 4.90 Å². The molecular formula is C42H39NO8. The van der Waals surface area contributed by atoms with E-state index in [9.17, 15) is 14.4 Å². The van der Waals surface area contributed by atoms with Crippen LogP contribution in [0.1, 0.15) is 37.4 Å². The number of benzene rings is 5. The lowest BCUT2D eigenvalue weighted by Gasteiger charge is -2.47. The summed E-state index contributed by atoms with van der Waals surface area (Å²) in [6.45, 7) is -0.0234. The van der Waals surface area contributed by atoms with E-state index in [2.05, 4.69) is 0 Å². The first-order chi connectivity index (χ1) is 25.0. The van der Waals surface area contributed by atoms with Gasteiger partial charge in [-0.2, -0.15) is 0 Å². The summed E-state index contributed by atoms with van der Waals surface area (Å²) in [7, 11) is 0. The average Bonchev–Trinajstić information content (AvgIpc) is 3.19. The first kappa shape index (κ1) is 35.1. The molecule has 9 heteroatoms. The summed E-state index contributed by atoms with van der Waals surface area (Å²) >= 11 is 0. The summed E-state index contributed by atoms with van der Waals surface area (Å²) in [6, 6.07) is 44.8. The van der Waals surface area contributed by atoms with Gasteiger partial charge in [-0.1, -0.05) is 127 Å². The third-order valence-corrected chi connectivity index (χ3v) is 8.52. The Morgan fingerprint density at radius 1 is 0.510 bits per heavy atom. The number of nitrogens with zero attached hydrogens (tertiary/aromatic N) is 1. The molecule has 51 heavy (non-hydrogen) atoms. The molecule has 0 spiro atoms. The molecule has 0 radical (unpaired) electrons. The van der Waals surface area contributed by atoms with Crippen molar-refractivity contribution in [1.29, 1.82) is 0 Å². The Hall–Kier alpha value is -5.77. The van der Waals surface area contributed by atoms with E-state index in [-0.39, 0.29) is 33.0 Å². The van der Waals surface area contributed by atoms with Crippen molar-refractivity contribution < 1.29 is 38.1 Å². The number of ether oxygens (including phenoxy) is 5. The van der Waals surface area contributed by atoms with Gasteiger partial charge in [0.25, 0.3) is 0 Å². The maximum absolute atomic E-state index is 14.0. The van der Waals surface area contributed by atoms with E-state index < -0.39 is 42.4 Å². The molecule has 0 aliphatic carbocycles. The molecule has 1 fully saturated rings. The van der Waals surface area contributed by atoms with Gasteiger partial charge in [-0.25, -0.2) is 14.4 Å². The van der Waals surface area contributed by atoms with Crippen LogP contribution in [0.5, 0.6) is 0 Å². The van der Waals surface area contributed by atoms with Crippen LogP contribution in [0, 0.1) is 0 Å². The summed E-state index contributed by atoms with van der Waals surface area (Å²) in [6.07, 6.45) is -3.47. The Morgan fingerprint density at radius 2 is 0.941 bits per heavy atom. The van der Waals surface area contributed by atoms with Crippen molar-refractivity contribution in [2.45, 2.75) is 44.2 Å². The van der Waals surface area contributed by atoms with Gasteiger partial charge in [0, 0.05) is 0 Å². The highest BCUT2D eigenvalue weighted by molar-refractivity contribution is 5.90. The second-order valence-corrected chi connectivity index (χ2v) is 12.1. The van der Waals surface area contributed by atoms with Crippen LogP contribution in [0.15, 0.2) is 152 Å². The third kappa shape index (κ3) is 9.69. The minimum Gasteiger partial charge on any atom is -0.460 e. The molecule has 1 aliphatic rings. The number of hydrogen-bond acceptors (Lipinski definition) is 8. The zero-order valence-corrected chi connectivity index (χ0v) is 28.0. The summed E-state index contributed by atoms with van der Waals surface area (Å²) in [4.78, 5) is 42.2. The summed E-state index contributed by atoms with van der Waals surface area (Å²) in [5.74, 6) is -1.14. The quantitative estimate of drug-likeness (QED) is 0.0944. The number of piperidine rings is 1. The van der Waals surface area contributed by atoms with Crippen molar-refractivity contribution in [1.82, 2.24) is 4.90 Å². The Bertz CT molecular complexity index is 1820. The molecule has 6 rings (SSSR count). The predicted octanol–water partition coefficient (Wildman–Crippen LogP) is 7.26. The largest absolute Gasteiger partial charge is 0.460 e. The fourth-order valence-electron chi connectivity index (χ4n) is 5.88. The normalized spacial score (nSPS) is 18.4. The maximum Gasteiger partial charge on any atom is 0.410 e. The van der Waals surface area contributed by atoms with Crippen LogP contribution >= 0.6 is 0 Å². The van der Waals surface area contributed by atoms with Crippen LogP contribution < -0.4 is 0 Å². The van der Waals surface area contributed by atoms with Gasteiger partial charge in [-0.15, -0.1) is 0 Å². The Kier molecular flexibility index (Phi) is 12.2. The van der Waals surface area contributed by atoms with Gasteiger partial charge in [-0.05, 0) is 41.0 Å². The molecule has 4 atom stereocenters. The fraction of sp³-hybridized carbons (Fsp3) is 0.214. The number of carbonyl (C=O) groups excluding carboxylic acids is 3. The predicted molar refractivity (Wildman–Crippen MR) is 190 cm³/mol. The highest BCUT2D eigenvalue weighted by atomic mass is 16.6. The van der Waals surface area contributed by atoms with Crippen LogP contribution in [0.4, 0.5) is 4.79 Å². The van der Waals surface area contributed by atoms with Gasteiger partial charge in [-0.3, -0.25) is 4.90 Å². The molecular weight excluding hydrogens is 646 g/mol. The number of hydrogen-bond donors (Lipinski definition) is 0. The lowest BCUT2D eigenvalue weighted by molar-refractivity contribution is -0.188. The molecule has 9 nitrogen and oxygen atoms in total. The van der Waals surface area contributed by atoms with Crippen molar-refractivity contribution >= 4 is 18.0 Å². The minimum atomic E-state index is -0.979. The lowest BCUT2D eigenvalue weighted by Crippen LogP contribution is -2.66. The summed E-state index contributed by atoms with van der Waals surface area (Å²) < 4.78 is 31.0. The molecule has 0 aromatic heterocycles. The second-order valence-electron chi connectivity index (χ2n) is 12.1. The standard InChI is InChI=1S/C42H39NO8/c44-40(34-22-12-4-13-23-34)49-30-36-38(47-27-31-16-6-1-7-17-31)39(48-28-32-18-8-2-9-19-32)37(51-41(45)35-24-14-5-15-25-35)26-43(36)42(46)50-29-33-20-10-3-11-21-33/h1-25,36-39H,26-30H2/t36-,37-,38-,39-/m1/s1. The molecule has 0 bridgehead atoms. The maximum atomic E-state index is 14.0. The topological polar surface area (TPSA) is 101 Å². The van der Waals surface area contributed by atoms with E-state index >= 15 is 0 Å². The van der Waals surface area contributed by atoms with Crippen LogP contribution in [-0.4, -0.2) is 60.4 Å². The van der Waals surface area contributed by atoms with Crippen molar-refractivity contribution in [3.05, 3.63) is 179 Å². The highest BCUT2D eigenvalue weighted by Crippen LogP contribution is 2.30. The van der Waals surface area contributed by atoms with E-state index in [0.717, 1.165) is 16.7 Å². The Balaban J connectivity index is 1.35. The zero-order valence-electron chi connectivity index (χ0n) is 28.0. The second kappa shape index (κ2) is 17.8. The SMILES string of the molecule is O=C(OC[C@@H]1[C@@H](OCc2ccccc2)[C@H](OCc2ccccc2)[C@H](OC(=O)c2ccccc2)CN1C(=O)OCc1ccccc1)c1ccccc1. The van der Waals surface area contributed by atoms with Crippen LogP contribution in [0.25, 0.3) is 0 Å². The fourth-order valence-corrected chi connectivity index (χ4v) is 5.88. The number of amides is 1.